The predicted molar refractivity (Wildman–Crippen MR) is 149 cm³/mol. The smallest absolute Gasteiger partial charge is 0.0788 e. The summed E-state index contributed by atoms with van der Waals surface area (Å²) in [4.78, 5) is 10.1. The summed E-state index contributed by atoms with van der Waals surface area (Å²) in [5.41, 5.74) is 8.19. The molecule has 0 saturated heterocycles. The van der Waals surface area contributed by atoms with Crippen molar-refractivity contribution < 1.29 is 0 Å². The van der Waals surface area contributed by atoms with Gasteiger partial charge in [0.1, 0.15) is 0 Å². The highest BCUT2D eigenvalue weighted by Gasteiger charge is 2.16. The third-order valence-electron chi connectivity index (χ3n) is 5.95. The Balaban J connectivity index is 1.73. The molecule has 4 heteroatoms. The molecule has 0 radical (unpaired) electrons. The van der Waals surface area contributed by atoms with Gasteiger partial charge in [0, 0.05) is 36.4 Å². The molecule has 0 saturated carbocycles. The first-order valence-corrected chi connectivity index (χ1v) is 12.6. The van der Waals surface area contributed by atoms with E-state index in [4.69, 9.17) is 9.97 Å². The van der Waals surface area contributed by atoms with Crippen molar-refractivity contribution in [2.75, 3.05) is 0 Å². The van der Waals surface area contributed by atoms with E-state index in [0.717, 1.165) is 64.4 Å². The molecule has 0 spiro atoms. The first-order chi connectivity index (χ1) is 16.7. The van der Waals surface area contributed by atoms with Crippen LogP contribution in [0, 0.1) is 0 Å². The van der Waals surface area contributed by atoms with E-state index in [-0.39, 0.29) is 0 Å². The predicted octanol–water partition coefficient (Wildman–Crippen LogP) is 9.31. The Kier molecular flexibility index (Phi) is 5.48. The van der Waals surface area contributed by atoms with Crippen molar-refractivity contribution in [1.82, 2.24) is 9.97 Å². The summed E-state index contributed by atoms with van der Waals surface area (Å²) in [6.07, 6.45) is 0. The maximum atomic E-state index is 5.14. The van der Waals surface area contributed by atoms with E-state index >= 15 is 0 Å². The number of halogens is 2. The Bertz CT molecular complexity index is 1660. The zero-order valence-corrected chi connectivity index (χ0v) is 21.2. The van der Waals surface area contributed by atoms with Crippen LogP contribution >= 0.6 is 31.9 Å². The normalized spacial score (nSPS) is 11.2. The fraction of sp³-hybridized carbons (Fsp3) is 0. The van der Waals surface area contributed by atoms with Crippen molar-refractivity contribution in [3.05, 3.63) is 118 Å². The molecular weight excluding hydrogens is 548 g/mol. The van der Waals surface area contributed by atoms with Crippen LogP contribution in [-0.4, -0.2) is 9.97 Å². The highest BCUT2D eigenvalue weighted by atomic mass is 79.9. The topological polar surface area (TPSA) is 25.8 Å². The van der Waals surface area contributed by atoms with E-state index in [2.05, 4.69) is 105 Å². The second kappa shape index (κ2) is 8.79. The van der Waals surface area contributed by atoms with Gasteiger partial charge in [0.05, 0.1) is 22.4 Å². The molecule has 0 fully saturated rings. The monoisotopic (exact) mass is 564 g/mol. The molecule has 6 aromatic rings. The van der Waals surface area contributed by atoms with Crippen molar-refractivity contribution in [2.45, 2.75) is 0 Å². The molecule has 4 aromatic carbocycles. The Morgan fingerprint density at radius 1 is 0.500 bits per heavy atom. The van der Waals surface area contributed by atoms with Crippen molar-refractivity contribution in [3.63, 3.8) is 0 Å². The van der Waals surface area contributed by atoms with Crippen LogP contribution in [0.25, 0.3) is 55.4 Å². The van der Waals surface area contributed by atoms with Crippen LogP contribution in [0.2, 0.25) is 0 Å². The fourth-order valence-corrected chi connectivity index (χ4v) is 5.09. The minimum absolute atomic E-state index is 0.943. The van der Waals surface area contributed by atoms with Gasteiger partial charge in [-0.05, 0) is 54.1 Å². The Morgan fingerprint density at radius 3 is 1.88 bits per heavy atom. The van der Waals surface area contributed by atoms with Crippen LogP contribution in [0.15, 0.2) is 118 Å². The third kappa shape index (κ3) is 3.93. The van der Waals surface area contributed by atoms with Crippen LogP contribution in [0.5, 0.6) is 0 Å². The van der Waals surface area contributed by atoms with Crippen LogP contribution < -0.4 is 0 Å². The number of fused-ring (bicyclic) bond motifs is 2. The minimum Gasteiger partial charge on any atom is -0.248 e. The highest BCUT2D eigenvalue weighted by molar-refractivity contribution is 9.10. The van der Waals surface area contributed by atoms with Crippen molar-refractivity contribution in [3.8, 4) is 33.6 Å². The van der Waals surface area contributed by atoms with Gasteiger partial charge in [-0.3, -0.25) is 0 Å². The van der Waals surface area contributed by atoms with Gasteiger partial charge in [0.25, 0.3) is 0 Å². The molecule has 2 nitrogen and oxygen atoms in total. The Hall–Kier alpha value is -3.34. The lowest BCUT2D eigenvalue weighted by Gasteiger charge is -2.15. The lowest BCUT2D eigenvalue weighted by atomic mass is 9.93. The lowest BCUT2D eigenvalue weighted by Crippen LogP contribution is -1.95. The maximum absolute atomic E-state index is 5.14. The lowest BCUT2D eigenvalue weighted by molar-refractivity contribution is 1.37. The molecule has 0 atom stereocenters. The molecular formula is C30H18Br2N2. The third-order valence-corrected chi connectivity index (χ3v) is 6.94. The molecule has 2 heterocycles. The van der Waals surface area contributed by atoms with E-state index in [1.807, 2.05) is 36.4 Å². The number of rotatable bonds is 3. The maximum Gasteiger partial charge on any atom is 0.0788 e. The molecule has 0 bridgehead atoms. The molecule has 0 amide bonds. The zero-order chi connectivity index (χ0) is 23.1. The number of aromatic nitrogens is 2. The standard InChI is InChI=1S/C30H18Br2N2/c31-22-11-13-27-21(15-22)16-26(30(34-27)20-9-5-2-6-10-20)24-18-29(19-7-3-1-4-8-19)33-28-14-12-23(32)17-25(24)28/h1-18H. The average molecular weight is 566 g/mol. The molecule has 0 aliphatic carbocycles. The quantitative estimate of drug-likeness (QED) is 0.213. The molecule has 0 aliphatic rings. The summed E-state index contributed by atoms with van der Waals surface area (Å²) in [5, 5.41) is 2.17. The number of hydrogen-bond donors (Lipinski definition) is 0. The second-order valence-corrected chi connectivity index (χ2v) is 10.0. The van der Waals surface area contributed by atoms with E-state index in [0.29, 0.717) is 0 Å². The number of nitrogens with zero attached hydrogens (tertiary/aromatic N) is 2. The summed E-state index contributed by atoms with van der Waals surface area (Å²) >= 11 is 7.29. The van der Waals surface area contributed by atoms with Crippen LogP contribution in [0.1, 0.15) is 0 Å². The van der Waals surface area contributed by atoms with Gasteiger partial charge in [0.15, 0.2) is 0 Å². The zero-order valence-electron chi connectivity index (χ0n) is 18.0. The average Bonchev–Trinajstić information content (AvgIpc) is 2.88. The Morgan fingerprint density at radius 2 is 1.15 bits per heavy atom. The fourth-order valence-electron chi connectivity index (χ4n) is 4.35. The van der Waals surface area contributed by atoms with Gasteiger partial charge < -0.3 is 0 Å². The van der Waals surface area contributed by atoms with Crippen molar-refractivity contribution in [2.24, 2.45) is 0 Å². The largest absolute Gasteiger partial charge is 0.248 e. The van der Waals surface area contributed by atoms with E-state index in [9.17, 15) is 0 Å². The van der Waals surface area contributed by atoms with Gasteiger partial charge in [0.2, 0.25) is 0 Å². The minimum atomic E-state index is 0.943. The van der Waals surface area contributed by atoms with Gasteiger partial charge in [-0.2, -0.15) is 0 Å². The highest BCUT2D eigenvalue weighted by Crippen LogP contribution is 2.39. The Labute approximate surface area is 214 Å². The van der Waals surface area contributed by atoms with Crippen molar-refractivity contribution in [1.29, 1.82) is 0 Å². The number of pyridine rings is 2. The van der Waals surface area contributed by atoms with E-state index < -0.39 is 0 Å². The second-order valence-electron chi connectivity index (χ2n) is 8.17. The summed E-state index contributed by atoms with van der Waals surface area (Å²) in [6, 6.07) is 37.6. The van der Waals surface area contributed by atoms with Crippen molar-refractivity contribution >= 4 is 53.7 Å². The van der Waals surface area contributed by atoms with Gasteiger partial charge in [-0.15, -0.1) is 0 Å². The van der Waals surface area contributed by atoms with Gasteiger partial charge >= 0.3 is 0 Å². The summed E-state index contributed by atoms with van der Waals surface area (Å²) in [5.74, 6) is 0. The molecule has 2 aromatic heterocycles. The first-order valence-electron chi connectivity index (χ1n) is 11.0. The van der Waals surface area contributed by atoms with Crippen LogP contribution in [0.4, 0.5) is 0 Å². The van der Waals surface area contributed by atoms with Crippen LogP contribution in [-0.2, 0) is 0 Å². The number of benzene rings is 4. The summed E-state index contributed by atoms with van der Waals surface area (Å²) in [7, 11) is 0. The van der Waals surface area contributed by atoms with E-state index in [1.54, 1.807) is 0 Å². The summed E-state index contributed by atoms with van der Waals surface area (Å²) < 4.78 is 2.06. The van der Waals surface area contributed by atoms with Gasteiger partial charge in [-0.1, -0.05) is 92.5 Å². The van der Waals surface area contributed by atoms with Gasteiger partial charge in [-0.25, -0.2) is 9.97 Å². The molecule has 162 valence electrons. The first kappa shape index (κ1) is 21.2. The van der Waals surface area contributed by atoms with Crippen LogP contribution in [0.3, 0.4) is 0 Å². The molecule has 34 heavy (non-hydrogen) atoms. The molecule has 0 aliphatic heterocycles. The summed E-state index contributed by atoms with van der Waals surface area (Å²) in [6.45, 7) is 0. The number of hydrogen-bond acceptors (Lipinski definition) is 2. The molecule has 0 N–H and O–H groups in total. The van der Waals surface area contributed by atoms with E-state index in [1.165, 1.54) is 0 Å². The molecule has 0 unspecified atom stereocenters. The molecule has 6 rings (SSSR count). The SMILES string of the molecule is Brc1ccc2nc(-c3ccccc3)c(-c3cc(-c4ccccc4)nc4ccc(Br)cc34)cc2c1.